The second-order valence-corrected chi connectivity index (χ2v) is 4.93. The van der Waals surface area contributed by atoms with Crippen molar-refractivity contribution in [3.8, 4) is 0 Å². The highest BCUT2D eigenvalue weighted by Crippen LogP contribution is 2.17. The van der Waals surface area contributed by atoms with E-state index >= 15 is 0 Å². The molecule has 20 heavy (non-hydrogen) atoms. The van der Waals surface area contributed by atoms with Gasteiger partial charge in [0.1, 0.15) is 6.61 Å². The molecule has 2 saturated heterocycles. The number of carbonyl (C=O) groups excluding carboxylic acids is 1. The van der Waals surface area contributed by atoms with Crippen LogP contribution in [0.25, 0.3) is 0 Å². The summed E-state index contributed by atoms with van der Waals surface area (Å²) in [7, 11) is 0. The Labute approximate surface area is 119 Å². The van der Waals surface area contributed by atoms with Crippen molar-refractivity contribution in [2.24, 2.45) is 4.99 Å². The van der Waals surface area contributed by atoms with E-state index in [1.54, 1.807) is 0 Å². The minimum Gasteiger partial charge on any atom is -0.375 e. The van der Waals surface area contributed by atoms with E-state index in [9.17, 15) is 4.79 Å². The highest BCUT2D eigenvalue weighted by Gasteiger charge is 2.10. The van der Waals surface area contributed by atoms with Gasteiger partial charge in [-0.15, -0.1) is 0 Å². The van der Waals surface area contributed by atoms with Crippen LogP contribution in [0.5, 0.6) is 0 Å². The van der Waals surface area contributed by atoms with Crippen LogP contribution >= 0.6 is 0 Å². The van der Waals surface area contributed by atoms with Crippen LogP contribution in [0.15, 0.2) is 35.3 Å². The second kappa shape index (κ2) is 7.92. The summed E-state index contributed by atoms with van der Waals surface area (Å²) in [4.78, 5) is 14.8. The molecule has 4 heteroatoms. The lowest BCUT2D eigenvalue weighted by Crippen LogP contribution is -2.00. The number of Topliss-reactive ketones (excluding diaryl/α,β-unsaturated/α-hetero) is 1. The van der Waals surface area contributed by atoms with E-state index < -0.39 is 0 Å². The standard InChI is InChI=1S/C12H15NO.C4H6O2/c1-10(11-5-3-2-4-6-11)13-12-7-8-14-9-12;5-4-1-2-6-3-4/h2-6,10H,7-9H2,1H3;1-3H2/t10-;/m0./s1. The summed E-state index contributed by atoms with van der Waals surface area (Å²) in [6, 6.07) is 10.6. The molecule has 108 valence electrons. The predicted octanol–water partition coefficient (Wildman–Crippen LogP) is 2.58. The maximum Gasteiger partial charge on any atom is 0.160 e. The third-order valence-electron chi connectivity index (χ3n) is 3.25. The molecular formula is C16H21NO3. The first kappa shape index (κ1) is 14.9. The van der Waals surface area contributed by atoms with Crippen molar-refractivity contribution >= 4 is 11.5 Å². The fourth-order valence-electron chi connectivity index (χ4n) is 2.08. The molecule has 2 aliphatic rings. The molecule has 0 aromatic heterocycles. The molecule has 0 radical (unpaired) electrons. The summed E-state index contributed by atoms with van der Waals surface area (Å²) in [5, 5.41) is 0. The molecule has 0 bridgehead atoms. The van der Waals surface area contributed by atoms with Gasteiger partial charge in [-0.1, -0.05) is 30.3 Å². The first-order valence-electron chi connectivity index (χ1n) is 7.03. The second-order valence-electron chi connectivity index (χ2n) is 4.93. The highest BCUT2D eigenvalue weighted by atomic mass is 16.5. The van der Waals surface area contributed by atoms with E-state index in [1.807, 2.05) is 6.07 Å². The predicted molar refractivity (Wildman–Crippen MR) is 78.2 cm³/mol. The molecule has 1 aromatic rings. The zero-order chi connectivity index (χ0) is 14.2. The van der Waals surface area contributed by atoms with Gasteiger partial charge in [0, 0.05) is 18.6 Å². The van der Waals surface area contributed by atoms with Crippen LogP contribution in [0, 0.1) is 0 Å². The van der Waals surface area contributed by atoms with E-state index in [-0.39, 0.29) is 11.8 Å². The Hall–Kier alpha value is -1.52. The maximum atomic E-state index is 10.1. The van der Waals surface area contributed by atoms with Crippen molar-refractivity contribution in [1.82, 2.24) is 0 Å². The van der Waals surface area contributed by atoms with Gasteiger partial charge in [0.15, 0.2) is 5.78 Å². The molecule has 2 fully saturated rings. The van der Waals surface area contributed by atoms with Gasteiger partial charge >= 0.3 is 0 Å². The van der Waals surface area contributed by atoms with Gasteiger partial charge in [0.2, 0.25) is 0 Å². The Bertz CT molecular complexity index is 440. The average Bonchev–Trinajstić information content (AvgIpc) is 3.14. The van der Waals surface area contributed by atoms with Crippen LogP contribution in [0.2, 0.25) is 0 Å². The average molecular weight is 275 g/mol. The van der Waals surface area contributed by atoms with Gasteiger partial charge in [-0.05, 0) is 12.5 Å². The molecule has 1 aromatic carbocycles. The van der Waals surface area contributed by atoms with E-state index in [1.165, 1.54) is 11.3 Å². The molecule has 0 amide bonds. The quantitative estimate of drug-likeness (QED) is 0.833. The molecule has 2 heterocycles. The lowest BCUT2D eigenvalue weighted by molar-refractivity contribution is -0.117. The normalized spacial score (nSPS) is 21.6. The minimum absolute atomic E-state index is 0.231. The fraction of sp³-hybridized carbons (Fsp3) is 0.500. The summed E-state index contributed by atoms with van der Waals surface area (Å²) in [6.45, 7) is 4.66. The van der Waals surface area contributed by atoms with Crippen molar-refractivity contribution in [3.63, 3.8) is 0 Å². The van der Waals surface area contributed by atoms with Gasteiger partial charge in [0.05, 0.1) is 25.9 Å². The Morgan fingerprint density at radius 2 is 1.75 bits per heavy atom. The number of ketones is 1. The molecule has 0 aliphatic carbocycles. The summed E-state index contributed by atoms with van der Waals surface area (Å²) in [5.41, 5.74) is 2.47. The smallest absolute Gasteiger partial charge is 0.160 e. The summed E-state index contributed by atoms with van der Waals surface area (Å²) in [6.07, 6.45) is 1.62. The summed E-state index contributed by atoms with van der Waals surface area (Å²) in [5.74, 6) is 0.231. The number of hydrogen-bond donors (Lipinski definition) is 0. The maximum absolute atomic E-state index is 10.1. The lowest BCUT2D eigenvalue weighted by Gasteiger charge is -2.07. The number of rotatable bonds is 2. The molecule has 2 aliphatic heterocycles. The molecule has 1 atom stereocenters. The van der Waals surface area contributed by atoms with Gasteiger partial charge in [0.25, 0.3) is 0 Å². The molecule has 0 N–H and O–H groups in total. The van der Waals surface area contributed by atoms with Crippen molar-refractivity contribution in [1.29, 1.82) is 0 Å². The highest BCUT2D eigenvalue weighted by molar-refractivity contribution is 5.87. The van der Waals surface area contributed by atoms with Gasteiger partial charge < -0.3 is 9.47 Å². The van der Waals surface area contributed by atoms with Crippen LogP contribution in [-0.4, -0.2) is 37.9 Å². The van der Waals surface area contributed by atoms with Crippen LogP contribution in [0.3, 0.4) is 0 Å². The number of aliphatic imine (C=N–C) groups is 1. The van der Waals surface area contributed by atoms with Crippen molar-refractivity contribution in [3.05, 3.63) is 35.9 Å². The molecule has 0 unspecified atom stereocenters. The van der Waals surface area contributed by atoms with Crippen LogP contribution in [-0.2, 0) is 14.3 Å². The van der Waals surface area contributed by atoms with Crippen LogP contribution < -0.4 is 0 Å². The fourth-order valence-corrected chi connectivity index (χ4v) is 2.08. The van der Waals surface area contributed by atoms with E-state index in [4.69, 9.17) is 9.47 Å². The van der Waals surface area contributed by atoms with E-state index in [2.05, 4.69) is 36.2 Å². The van der Waals surface area contributed by atoms with Crippen LogP contribution in [0.1, 0.15) is 31.4 Å². The Morgan fingerprint density at radius 3 is 2.25 bits per heavy atom. The number of benzene rings is 1. The third-order valence-corrected chi connectivity index (χ3v) is 3.25. The first-order valence-corrected chi connectivity index (χ1v) is 7.03. The molecule has 0 saturated carbocycles. The number of hydrogen-bond acceptors (Lipinski definition) is 4. The van der Waals surface area contributed by atoms with Crippen molar-refractivity contribution in [2.75, 3.05) is 26.4 Å². The number of ether oxygens (including phenoxy) is 2. The Morgan fingerprint density at radius 1 is 1.05 bits per heavy atom. The number of nitrogens with zero attached hydrogens (tertiary/aromatic N) is 1. The molecular weight excluding hydrogens is 254 g/mol. The Kier molecular flexibility index (Phi) is 5.89. The zero-order valence-corrected chi connectivity index (χ0v) is 11.9. The third kappa shape index (κ3) is 4.87. The molecule has 4 nitrogen and oxygen atoms in total. The SMILES string of the molecule is C[C@H](N=C1CCOC1)c1ccccc1.O=C1CCOC1. The van der Waals surface area contributed by atoms with Gasteiger partial charge in [-0.2, -0.15) is 0 Å². The Balaban J connectivity index is 0.000000205. The largest absolute Gasteiger partial charge is 0.375 e. The lowest BCUT2D eigenvalue weighted by atomic mass is 10.1. The van der Waals surface area contributed by atoms with Gasteiger partial charge in [-0.25, -0.2) is 0 Å². The molecule has 3 rings (SSSR count). The zero-order valence-electron chi connectivity index (χ0n) is 11.9. The number of carbonyl (C=O) groups is 1. The van der Waals surface area contributed by atoms with E-state index in [0.29, 0.717) is 19.6 Å². The minimum atomic E-state index is 0.231. The molecule has 0 spiro atoms. The summed E-state index contributed by atoms with van der Waals surface area (Å²) < 4.78 is 9.97. The van der Waals surface area contributed by atoms with Crippen LogP contribution in [0.4, 0.5) is 0 Å². The monoisotopic (exact) mass is 275 g/mol. The van der Waals surface area contributed by atoms with Gasteiger partial charge in [-0.3, -0.25) is 9.79 Å². The topological polar surface area (TPSA) is 47.9 Å². The first-order chi connectivity index (χ1) is 9.75. The van der Waals surface area contributed by atoms with Crippen molar-refractivity contribution < 1.29 is 14.3 Å². The van der Waals surface area contributed by atoms with E-state index in [0.717, 1.165) is 19.6 Å². The van der Waals surface area contributed by atoms with Crippen molar-refractivity contribution in [2.45, 2.75) is 25.8 Å². The summed E-state index contributed by atoms with van der Waals surface area (Å²) >= 11 is 0.